The van der Waals surface area contributed by atoms with Crippen LogP contribution in [-0.2, 0) is 17.8 Å². The first kappa shape index (κ1) is 25.0. The number of H-pyrrole nitrogens is 1. The molecule has 0 radical (unpaired) electrons. The number of carbonyl (C=O) groups excluding carboxylic acids is 1. The first-order valence-corrected chi connectivity index (χ1v) is 13.8. The minimum atomic E-state index is -0.0998. The van der Waals surface area contributed by atoms with Gasteiger partial charge in [0.15, 0.2) is 0 Å². The smallest absolute Gasteiger partial charge is 0.252 e. The molecule has 0 bridgehead atoms. The van der Waals surface area contributed by atoms with Crippen LogP contribution in [0.2, 0.25) is 0 Å². The molecule has 5 rings (SSSR count). The van der Waals surface area contributed by atoms with Gasteiger partial charge >= 0.3 is 0 Å². The van der Waals surface area contributed by atoms with Gasteiger partial charge in [-0.05, 0) is 24.8 Å². The van der Waals surface area contributed by atoms with Gasteiger partial charge in [0.25, 0.3) is 5.56 Å². The largest absolute Gasteiger partial charge is 0.339 e. The van der Waals surface area contributed by atoms with Gasteiger partial charge in [-0.15, -0.1) is 0 Å². The maximum Gasteiger partial charge on any atom is 0.252 e. The van der Waals surface area contributed by atoms with Crippen LogP contribution in [0.25, 0.3) is 0 Å². The van der Waals surface area contributed by atoms with E-state index in [1.54, 1.807) is 6.07 Å². The lowest BCUT2D eigenvalue weighted by molar-refractivity contribution is -0.136. The van der Waals surface area contributed by atoms with Gasteiger partial charge in [0.2, 0.25) is 11.9 Å². The predicted molar refractivity (Wildman–Crippen MR) is 142 cm³/mol. The summed E-state index contributed by atoms with van der Waals surface area (Å²) in [6, 6.07) is 12.3. The van der Waals surface area contributed by atoms with Gasteiger partial charge in [0, 0.05) is 77.4 Å². The average Bonchev–Trinajstić information content (AvgIpc) is 2.93. The molecule has 36 heavy (non-hydrogen) atoms. The summed E-state index contributed by atoms with van der Waals surface area (Å²) in [5, 5.41) is 0. The average molecular weight is 493 g/mol. The Bertz CT molecular complexity index is 1040. The van der Waals surface area contributed by atoms with Crippen molar-refractivity contribution in [3.63, 3.8) is 0 Å². The van der Waals surface area contributed by atoms with Gasteiger partial charge < -0.3 is 14.7 Å². The summed E-state index contributed by atoms with van der Waals surface area (Å²) in [7, 11) is 0. The summed E-state index contributed by atoms with van der Waals surface area (Å²) >= 11 is 0. The molecule has 3 heterocycles. The summed E-state index contributed by atoms with van der Waals surface area (Å²) in [6.45, 7) is 8.67. The Morgan fingerprint density at radius 3 is 2.31 bits per heavy atom. The van der Waals surface area contributed by atoms with Crippen LogP contribution in [0.15, 0.2) is 41.2 Å². The molecule has 1 amide bonds. The number of rotatable bonds is 7. The van der Waals surface area contributed by atoms with Gasteiger partial charge in [-0.3, -0.25) is 19.5 Å². The SMILES string of the molecule is O=C(C1CCCCC1)N1CCN(c2nc(CN3CCN(CCc4ccccc4)CC3)cc(=O)[nH]2)CC1. The van der Waals surface area contributed by atoms with Crippen molar-refractivity contribution < 1.29 is 4.79 Å². The van der Waals surface area contributed by atoms with Crippen molar-refractivity contribution in [3.05, 3.63) is 58.0 Å². The van der Waals surface area contributed by atoms with E-state index in [4.69, 9.17) is 4.98 Å². The zero-order valence-corrected chi connectivity index (χ0v) is 21.4. The quantitative estimate of drug-likeness (QED) is 0.640. The molecule has 8 heteroatoms. The van der Waals surface area contributed by atoms with Crippen LogP contribution in [-0.4, -0.2) is 89.5 Å². The van der Waals surface area contributed by atoms with E-state index in [0.717, 1.165) is 57.7 Å². The second-order valence-electron chi connectivity index (χ2n) is 10.6. The zero-order valence-electron chi connectivity index (χ0n) is 21.4. The number of hydrogen-bond donors (Lipinski definition) is 1. The van der Waals surface area contributed by atoms with Gasteiger partial charge in [0.1, 0.15) is 0 Å². The monoisotopic (exact) mass is 492 g/mol. The number of nitrogens with one attached hydrogen (secondary N) is 1. The van der Waals surface area contributed by atoms with E-state index in [0.29, 0.717) is 44.6 Å². The molecule has 1 saturated carbocycles. The third kappa shape index (κ3) is 6.53. The standard InChI is InChI=1S/C28H40N6O2/c35-26-21-25(22-32-15-13-31(14-16-32)12-11-23-7-3-1-4-8-23)29-28(30-26)34-19-17-33(18-20-34)27(36)24-9-5-2-6-10-24/h1,3-4,7-8,21,24H,2,5-6,9-20,22H2,(H,29,30,35). The third-order valence-electron chi connectivity index (χ3n) is 8.04. The van der Waals surface area contributed by atoms with Crippen molar-refractivity contribution in [1.29, 1.82) is 0 Å². The number of piperazine rings is 2. The molecule has 2 aromatic rings. The van der Waals surface area contributed by atoms with Crippen molar-refractivity contribution >= 4 is 11.9 Å². The highest BCUT2D eigenvalue weighted by Gasteiger charge is 2.29. The fraction of sp³-hybridized carbons (Fsp3) is 0.607. The number of amides is 1. The minimum Gasteiger partial charge on any atom is -0.339 e. The van der Waals surface area contributed by atoms with E-state index in [2.05, 4.69) is 50.0 Å². The summed E-state index contributed by atoms with van der Waals surface area (Å²) in [5.41, 5.74) is 2.11. The molecule has 0 spiro atoms. The normalized spacial score (nSPS) is 20.6. The van der Waals surface area contributed by atoms with E-state index >= 15 is 0 Å². The lowest BCUT2D eigenvalue weighted by Crippen LogP contribution is -2.51. The summed E-state index contributed by atoms with van der Waals surface area (Å²) < 4.78 is 0. The number of aromatic nitrogens is 2. The molecule has 3 aliphatic rings. The van der Waals surface area contributed by atoms with Crippen LogP contribution < -0.4 is 10.5 Å². The zero-order chi connectivity index (χ0) is 24.7. The minimum absolute atomic E-state index is 0.0998. The van der Waals surface area contributed by atoms with E-state index in [-0.39, 0.29) is 11.5 Å². The van der Waals surface area contributed by atoms with Crippen molar-refractivity contribution in [2.24, 2.45) is 5.92 Å². The van der Waals surface area contributed by atoms with Crippen LogP contribution in [0.5, 0.6) is 0 Å². The molecule has 8 nitrogen and oxygen atoms in total. The van der Waals surface area contributed by atoms with Crippen LogP contribution in [0.4, 0.5) is 5.95 Å². The Morgan fingerprint density at radius 2 is 1.58 bits per heavy atom. The topological polar surface area (TPSA) is 75.8 Å². The second-order valence-corrected chi connectivity index (χ2v) is 10.6. The molecule has 3 fully saturated rings. The van der Waals surface area contributed by atoms with Crippen molar-refractivity contribution in [2.45, 2.75) is 45.1 Å². The first-order chi connectivity index (χ1) is 17.6. The molecular weight excluding hydrogens is 452 g/mol. The molecule has 194 valence electrons. The Kier molecular flexibility index (Phi) is 8.33. The van der Waals surface area contributed by atoms with Gasteiger partial charge in [-0.1, -0.05) is 49.6 Å². The molecule has 0 atom stereocenters. The third-order valence-corrected chi connectivity index (χ3v) is 8.04. The van der Waals surface area contributed by atoms with E-state index in [1.807, 2.05) is 4.90 Å². The number of benzene rings is 1. The summed E-state index contributed by atoms with van der Waals surface area (Å²) in [6.07, 6.45) is 6.78. The lowest BCUT2D eigenvalue weighted by atomic mass is 9.88. The Morgan fingerprint density at radius 1 is 0.889 bits per heavy atom. The highest BCUT2D eigenvalue weighted by molar-refractivity contribution is 5.79. The highest BCUT2D eigenvalue weighted by Crippen LogP contribution is 2.26. The predicted octanol–water partition coefficient (Wildman–Crippen LogP) is 2.36. The maximum absolute atomic E-state index is 12.9. The number of anilines is 1. The number of nitrogens with zero attached hydrogens (tertiary/aromatic N) is 5. The van der Waals surface area contributed by atoms with Crippen LogP contribution >= 0.6 is 0 Å². The number of carbonyl (C=O) groups is 1. The van der Waals surface area contributed by atoms with Gasteiger partial charge in [-0.25, -0.2) is 4.98 Å². The van der Waals surface area contributed by atoms with Crippen molar-refractivity contribution in [1.82, 2.24) is 24.7 Å². The second kappa shape index (κ2) is 12.0. The molecule has 2 aliphatic heterocycles. The number of hydrogen-bond acceptors (Lipinski definition) is 6. The highest BCUT2D eigenvalue weighted by atomic mass is 16.2. The Balaban J connectivity index is 1.10. The van der Waals surface area contributed by atoms with E-state index in [9.17, 15) is 9.59 Å². The molecule has 1 aromatic carbocycles. The van der Waals surface area contributed by atoms with E-state index in [1.165, 1.54) is 24.8 Å². The maximum atomic E-state index is 12.9. The molecule has 1 N–H and O–H groups in total. The molecule has 1 aliphatic carbocycles. The fourth-order valence-corrected chi connectivity index (χ4v) is 5.80. The van der Waals surface area contributed by atoms with Crippen molar-refractivity contribution in [3.8, 4) is 0 Å². The van der Waals surface area contributed by atoms with Crippen LogP contribution in [0, 0.1) is 5.92 Å². The Labute approximate surface area is 214 Å². The Hall–Kier alpha value is -2.71. The van der Waals surface area contributed by atoms with E-state index < -0.39 is 0 Å². The molecule has 0 unspecified atom stereocenters. The molecule has 1 aromatic heterocycles. The summed E-state index contributed by atoms with van der Waals surface area (Å²) in [4.78, 5) is 42.1. The molecule has 2 saturated heterocycles. The van der Waals surface area contributed by atoms with Gasteiger partial charge in [0.05, 0.1) is 5.69 Å². The first-order valence-electron chi connectivity index (χ1n) is 13.8. The number of aromatic amines is 1. The summed E-state index contributed by atoms with van der Waals surface area (Å²) in [5.74, 6) is 1.18. The van der Waals surface area contributed by atoms with Crippen molar-refractivity contribution in [2.75, 3.05) is 63.8 Å². The van der Waals surface area contributed by atoms with Gasteiger partial charge in [-0.2, -0.15) is 0 Å². The van der Waals surface area contributed by atoms with Crippen LogP contribution in [0.3, 0.4) is 0 Å². The van der Waals surface area contributed by atoms with Crippen LogP contribution in [0.1, 0.15) is 43.4 Å². The lowest BCUT2D eigenvalue weighted by Gasteiger charge is -2.37. The molecular formula is C28H40N6O2. The fourth-order valence-electron chi connectivity index (χ4n) is 5.80.